The summed E-state index contributed by atoms with van der Waals surface area (Å²) in [6.07, 6.45) is 6.34. The van der Waals surface area contributed by atoms with Gasteiger partial charge in [0.1, 0.15) is 5.76 Å². The minimum atomic E-state index is 0.353. The van der Waals surface area contributed by atoms with E-state index >= 15 is 0 Å². The van der Waals surface area contributed by atoms with Crippen LogP contribution >= 0.6 is 0 Å². The fourth-order valence-corrected chi connectivity index (χ4v) is 2.25. The lowest BCUT2D eigenvalue weighted by Gasteiger charge is -2.03. The first-order chi connectivity index (χ1) is 10.3. The van der Waals surface area contributed by atoms with Crippen LogP contribution in [0, 0.1) is 0 Å². The van der Waals surface area contributed by atoms with Gasteiger partial charge < -0.3 is 4.42 Å². The van der Waals surface area contributed by atoms with E-state index in [9.17, 15) is 4.79 Å². The molecule has 3 nitrogen and oxygen atoms in total. The molecule has 0 fully saturated rings. The molecule has 104 valence electrons. The number of aryl methyl sites for hydroxylation is 2. The molecule has 0 amide bonds. The molecule has 0 aliphatic carbocycles. The van der Waals surface area contributed by atoms with Crippen molar-refractivity contribution in [1.82, 2.24) is 4.98 Å². The number of benzene rings is 1. The average molecular weight is 277 g/mol. The second kappa shape index (κ2) is 6.18. The Morgan fingerprint density at radius 3 is 2.14 bits per heavy atom. The van der Waals surface area contributed by atoms with Gasteiger partial charge in [-0.25, -0.2) is 0 Å². The van der Waals surface area contributed by atoms with E-state index in [0.717, 1.165) is 24.2 Å². The highest BCUT2D eigenvalue weighted by atomic mass is 16.3. The zero-order valence-electron chi connectivity index (χ0n) is 11.5. The number of hydrogen-bond acceptors (Lipinski definition) is 3. The summed E-state index contributed by atoms with van der Waals surface area (Å²) in [5.41, 5.74) is 3.55. The van der Waals surface area contributed by atoms with Gasteiger partial charge in [-0.2, -0.15) is 0 Å². The molecular weight excluding hydrogens is 262 g/mol. The lowest BCUT2D eigenvalue weighted by molar-refractivity contribution is 0.110. The summed E-state index contributed by atoms with van der Waals surface area (Å²) in [7, 11) is 0. The average Bonchev–Trinajstić information content (AvgIpc) is 3.03. The summed E-state index contributed by atoms with van der Waals surface area (Å²) in [6.45, 7) is 0. The molecule has 0 spiro atoms. The maximum absolute atomic E-state index is 10.6. The lowest BCUT2D eigenvalue weighted by atomic mass is 10.0. The van der Waals surface area contributed by atoms with Gasteiger partial charge in [0.25, 0.3) is 0 Å². The number of aldehydes is 1. The van der Waals surface area contributed by atoms with Crippen LogP contribution in [0.5, 0.6) is 0 Å². The minimum absolute atomic E-state index is 0.353. The van der Waals surface area contributed by atoms with E-state index < -0.39 is 0 Å². The Morgan fingerprint density at radius 1 is 0.857 bits per heavy atom. The highest BCUT2D eigenvalue weighted by molar-refractivity contribution is 5.72. The van der Waals surface area contributed by atoms with Crippen LogP contribution in [-0.4, -0.2) is 11.3 Å². The van der Waals surface area contributed by atoms with Crippen molar-refractivity contribution < 1.29 is 9.21 Å². The van der Waals surface area contributed by atoms with E-state index in [-0.39, 0.29) is 0 Å². The standard InChI is InChI=1S/C18H15NO2/c20-13-17-7-8-18(21-17)16-5-3-14(4-6-16)1-2-15-9-11-19-12-10-15/h3-13H,1-2H2. The van der Waals surface area contributed by atoms with Crippen LogP contribution in [0.4, 0.5) is 0 Å². The molecule has 1 aromatic carbocycles. The topological polar surface area (TPSA) is 43.1 Å². The zero-order valence-corrected chi connectivity index (χ0v) is 11.5. The van der Waals surface area contributed by atoms with Crippen LogP contribution in [0.25, 0.3) is 11.3 Å². The number of hydrogen-bond donors (Lipinski definition) is 0. The number of carbonyl (C=O) groups excluding carboxylic acids is 1. The molecule has 2 aromatic heterocycles. The Kier molecular flexibility index (Phi) is 3.92. The predicted octanol–water partition coefficient (Wildman–Crippen LogP) is 3.94. The van der Waals surface area contributed by atoms with Crippen molar-refractivity contribution in [3.05, 3.63) is 77.8 Å². The van der Waals surface area contributed by atoms with Gasteiger partial charge >= 0.3 is 0 Å². The van der Waals surface area contributed by atoms with Crippen molar-refractivity contribution >= 4 is 6.29 Å². The van der Waals surface area contributed by atoms with Gasteiger partial charge in [-0.3, -0.25) is 9.78 Å². The molecule has 0 atom stereocenters. The first-order valence-corrected chi connectivity index (χ1v) is 6.88. The molecule has 3 rings (SSSR count). The van der Waals surface area contributed by atoms with Gasteiger partial charge in [0.05, 0.1) is 0 Å². The third kappa shape index (κ3) is 3.26. The number of carbonyl (C=O) groups is 1. The van der Waals surface area contributed by atoms with E-state index in [1.54, 1.807) is 6.07 Å². The molecule has 0 aliphatic heterocycles. The smallest absolute Gasteiger partial charge is 0.185 e. The first-order valence-electron chi connectivity index (χ1n) is 6.88. The van der Waals surface area contributed by atoms with Crippen LogP contribution in [0.15, 0.2) is 65.3 Å². The maximum atomic E-state index is 10.6. The quantitative estimate of drug-likeness (QED) is 0.663. The van der Waals surface area contributed by atoms with Crippen LogP contribution in [-0.2, 0) is 12.8 Å². The fourth-order valence-electron chi connectivity index (χ4n) is 2.25. The maximum Gasteiger partial charge on any atom is 0.185 e. The summed E-state index contributed by atoms with van der Waals surface area (Å²) in [5.74, 6) is 1.07. The Hall–Kier alpha value is -2.68. The number of rotatable bonds is 5. The minimum Gasteiger partial charge on any atom is -0.453 e. The van der Waals surface area contributed by atoms with Crippen LogP contribution in [0.2, 0.25) is 0 Å². The Morgan fingerprint density at radius 2 is 1.52 bits per heavy atom. The van der Waals surface area contributed by atoms with Gasteiger partial charge in [0.2, 0.25) is 0 Å². The molecule has 0 saturated heterocycles. The first kappa shape index (κ1) is 13.3. The van der Waals surface area contributed by atoms with Crippen molar-refractivity contribution in [2.24, 2.45) is 0 Å². The third-order valence-electron chi connectivity index (χ3n) is 3.43. The summed E-state index contributed by atoms with van der Waals surface area (Å²) in [5, 5.41) is 0. The SMILES string of the molecule is O=Cc1ccc(-c2ccc(CCc3ccncc3)cc2)o1. The number of aromatic nitrogens is 1. The third-order valence-corrected chi connectivity index (χ3v) is 3.43. The molecule has 3 aromatic rings. The monoisotopic (exact) mass is 277 g/mol. The van der Waals surface area contributed by atoms with E-state index in [0.29, 0.717) is 12.0 Å². The van der Waals surface area contributed by atoms with E-state index in [4.69, 9.17) is 4.42 Å². The second-order valence-electron chi connectivity index (χ2n) is 4.87. The van der Waals surface area contributed by atoms with Crippen molar-refractivity contribution in [3.63, 3.8) is 0 Å². The summed E-state index contributed by atoms with van der Waals surface area (Å²) >= 11 is 0. The number of furan rings is 1. The second-order valence-corrected chi connectivity index (χ2v) is 4.87. The van der Waals surface area contributed by atoms with E-state index in [1.807, 2.05) is 42.7 Å². The normalized spacial score (nSPS) is 10.5. The molecule has 0 bridgehead atoms. The Bertz CT molecular complexity index is 714. The van der Waals surface area contributed by atoms with Crippen molar-refractivity contribution in [2.45, 2.75) is 12.8 Å². The highest BCUT2D eigenvalue weighted by Crippen LogP contribution is 2.22. The molecule has 0 unspecified atom stereocenters. The van der Waals surface area contributed by atoms with Crippen LogP contribution in [0.1, 0.15) is 21.7 Å². The Balaban J connectivity index is 1.68. The Labute approximate surface area is 123 Å². The molecule has 0 aliphatic rings. The van der Waals surface area contributed by atoms with Gasteiger partial charge in [0.15, 0.2) is 12.0 Å². The van der Waals surface area contributed by atoms with Gasteiger partial charge in [-0.1, -0.05) is 24.3 Å². The summed E-state index contributed by atoms with van der Waals surface area (Å²) in [4.78, 5) is 14.6. The number of pyridine rings is 1. The zero-order chi connectivity index (χ0) is 14.5. The molecule has 0 N–H and O–H groups in total. The lowest BCUT2D eigenvalue weighted by Crippen LogP contribution is -1.91. The van der Waals surface area contributed by atoms with Gasteiger partial charge in [0, 0.05) is 18.0 Å². The predicted molar refractivity (Wildman–Crippen MR) is 81.2 cm³/mol. The van der Waals surface area contributed by atoms with Crippen molar-refractivity contribution in [1.29, 1.82) is 0 Å². The largest absolute Gasteiger partial charge is 0.453 e. The molecule has 21 heavy (non-hydrogen) atoms. The fraction of sp³-hybridized carbons (Fsp3) is 0.111. The van der Waals surface area contributed by atoms with Gasteiger partial charge in [-0.15, -0.1) is 0 Å². The van der Waals surface area contributed by atoms with E-state index in [2.05, 4.69) is 17.1 Å². The van der Waals surface area contributed by atoms with E-state index in [1.165, 1.54) is 11.1 Å². The van der Waals surface area contributed by atoms with Crippen molar-refractivity contribution in [3.8, 4) is 11.3 Å². The highest BCUT2D eigenvalue weighted by Gasteiger charge is 2.04. The van der Waals surface area contributed by atoms with Crippen molar-refractivity contribution in [2.75, 3.05) is 0 Å². The molecule has 0 saturated carbocycles. The number of nitrogens with zero attached hydrogens (tertiary/aromatic N) is 1. The van der Waals surface area contributed by atoms with Crippen LogP contribution < -0.4 is 0 Å². The molecule has 0 radical (unpaired) electrons. The molecule has 2 heterocycles. The molecule has 3 heteroatoms. The van der Waals surface area contributed by atoms with Gasteiger partial charge in [-0.05, 0) is 48.2 Å². The molecular formula is C18H15NO2. The summed E-state index contributed by atoms with van der Waals surface area (Å²) < 4.78 is 5.41. The summed E-state index contributed by atoms with van der Waals surface area (Å²) in [6, 6.07) is 15.8. The van der Waals surface area contributed by atoms with Crippen LogP contribution in [0.3, 0.4) is 0 Å².